The summed E-state index contributed by atoms with van der Waals surface area (Å²) in [5, 5.41) is 6.75. The van der Waals surface area contributed by atoms with Gasteiger partial charge < -0.3 is 20.3 Å². The predicted octanol–water partition coefficient (Wildman–Crippen LogP) is 3.54. The van der Waals surface area contributed by atoms with Gasteiger partial charge in [0.25, 0.3) is 0 Å². The summed E-state index contributed by atoms with van der Waals surface area (Å²) in [6.45, 7) is 3.78. The first kappa shape index (κ1) is 24.2. The molecule has 0 fully saturated rings. The molecule has 0 unspecified atom stereocenters. The zero-order valence-corrected chi connectivity index (χ0v) is 19.5. The molecule has 0 aliphatic rings. The van der Waals surface area contributed by atoms with Crippen LogP contribution in [0.1, 0.15) is 17.5 Å². The van der Waals surface area contributed by atoms with E-state index in [2.05, 4.69) is 70.0 Å². The second kappa shape index (κ2) is 14.2. The molecule has 0 radical (unpaired) electrons. The standard InChI is InChI=1S/C22H32N4O.HI/c1-23-22(25-16-14-19-10-12-21(27-3)13-11-19)24-15-7-17-26(2)18-20-8-5-4-6-9-20;/h4-6,8-13H,7,14-18H2,1-3H3,(H2,23,24,25);1H. The van der Waals surface area contributed by atoms with Gasteiger partial charge in [-0.3, -0.25) is 4.99 Å². The second-order valence-corrected chi connectivity index (χ2v) is 6.60. The number of nitrogens with zero attached hydrogens (tertiary/aromatic N) is 2. The number of hydrogen-bond donors (Lipinski definition) is 2. The zero-order valence-electron chi connectivity index (χ0n) is 17.1. The van der Waals surface area contributed by atoms with Crippen molar-refractivity contribution in [2.75, 3.05) is 40.8 Å². The maximum Gasteiger partial charge on any atom is 0.190 e. The Morgan fingerprint density at radius 3 is 2.29 bits per heavy atom. The van der Waals surface area contributed by atoms with E-state index in [1.54, 1.807) is 7.11 Å². The van der Waals surface area contributed by atoms with Gasteiger partial charge in [-0.15, -0.1) is 24.0 Å². The highest BCUT2D eigenvalue weighted by Gasteiger charge is 2.01. The molecule has 0 saturated carbocycles. The number of methoxy groups -OCH3 is 1. The lowest BCUT2D eigenvalue weighted by Crippen LogP contribution is -2.39. The van der Waals surface area contributed by atoms with Crippen LogP contribution in [0.25, 0.3) is 0 Å². The molecule has 0 heterocycles. The van der Waals surface area contributed by atoms with Crippen molar-refractivity contribution >= 4 is 29.9 Å². The maximum absolute atomic E-state index is 5.19. The third-order valence-corrected chi connectivity index (χ3v) is 4.39. The van der Waals surface area contributed by atoms with E-state index in [4.69, 9.17) is 4.74 Å². The van der Waals surface area contributed by atoms with Gasteiger partial charge in [-0.25, -0.2) is 0 Å². The third kappa shape index (κ3) is 9.41. The van der Waals surface area contributed by atoms with Crippen molar-refractivity contribution in [2.45, 2.75) is 19.4 Å². The van der Waals surface area contributed by atoms with Crippen molar-refractivity contribution in [3.8, 4) is 5.75 Å². The SMILES string of the molecule is CN=C(NCCCN(C)Cc1ccccc1)NCCc1ccc(OC)cc1.I. The van der Waals surface area contributed by atoms with Gasteiger partial charge in [0.1, 0.15) is 5.75 Å². The average molecular weight is 496 g/mol. The van der Waals surface area contributed by atoms with Gasteiger partial charge in [-0.2, -0.15) is 0 Å². The Morgan fingerprint density at radius 1 is 0.964 bits per heavy atom. The predicted molar refractivity (Wildman–Crippen MR) is 129 cm³/mol. The Kier molecular flexibility index (Phi) is 12.3. The number of nitrogens with one attached hydrogen (secondary N) is 2. The highest BCUT2D eigenvalue weighted by atomic mass is 127. The van der Waals surface area contributed by atoms with Gasteiger partial charge >= 0.3 is 0 Å². The van der Waals surface area contributed by atoms with Crippen molar-refractivity contribution < 1.29 is 4.74 Å². The lowest BCUT2D eigenvalue weighted by atomic mass is 10.1. The number of aliphatic imine (C=N–C) groups is 1. The molecule has 2 aromatic rings. The van der Waals surface area contributed by atoms with Crippen molar-refractivity contribution in [3.05, 3.63) is 65.7 Å². The van der Waals surface area contributed by atoms with E-state index in [1.807, 2.05) is 19.2 Å². The van der Waals surface area contributed by atoms with Crippen LogP contribution < -0.4 is 15.4 Å². The van der Waals surface area contributed by atoms with Crippen LogP contribution in [0.5, 0.6) is 5.75 Å². The molecule has 154 valence electrons. The molecule has 28 heavy (non-hydrogen) atoms. The van der Waals surface area contributed by atoms with E-state index >= 15 is 0 Å². The topological polar surface area (TPSA) is 48.9 Å². The van der Waals surface area contributed by atoms with E-state index in [-0.39, 0.29) is 24.0 Å². The van der Waals surface area contributed by atoms with Crippen LogP contribution in [0, 0.1) is 0 Å². The van der Waals surface area contributed by atoms with E-state index in [0.29, 0.717) is 0 Å². The fourth-order valence-electron chi connectivity index (χ4n) is 2.87. The molecule has 0 bridgehead atoms. The molecule has 2 aromatic carbocycles. The summed E-state index contributed by atoms with van der Waals surface area (Å²) in [4.78, 5) is 6.64. The van der Waals surface area contributed by atoms with Crippen LogP contribution in [-0.4, -0.2) is 51.7 Å². The summed E-state index contributed by atoms with van der Waals surface area (Å²) in [5.41, 5.74) is 2.63. The lowest BCUT2D eigenvalue weighted by molar-refractivity contribution is 0.322. The minimum absolute atomic E-state index is 0. The second-order valence-electron chi connectivity index (χ2n) is 6.60. The molecule has 2 rings (SSSR count). The first-order valence-corrected chi connectivity index (χ1v) is 9.51. The first-order chi connectivity index (χ1) is 13.2. The van der Waals surface area contributed by atoms with Gasteiger partial charge in [0.15, 0.2) is 5.96 Å². The summed E-state index contributed by atoms with van der Waals surface area (Å²) in [7, 11) is 5.66. The Balaban J connectivity index is 0.00000392. The summed E-state index contributed by atoms with van der Waals surface area (Å²) in [6.07, 6.45) is 2.02. The molecule has 0 spiro atoms. The molecule has 0 aliphatic carbocycles. The number of halogens is 1. The van der Waals surface area contributed by atoms with Gasteiger partial charge in [0.2, 0.25) is 0 Å². The zero-order chi connectivity index (χ0) is 19.3. The van der Waals surface area contributed by atoms with Crippen molar-refractivity contribution in [3.63, 3.8) is 0 Å². The Labute approximate surface area is 186 Å². The van der Waals surface area contributed by atoms with Crippen molar-refractivity contribution in [2.24, 2.45) is 4.99 Å². The average Bonchev–Trinajstić information content (AvgIpc) is 2.71. The first-order valence-electron chi connectivity index (χ1n) is 9.51. The minimum atomic E-state index is 0. The molecule has 5 nitrogen and oxygen atoms in total. The molecule has 2 N–H and O–H groups in total. The molecule has 0 saturated heterocycles. The molecule has 6 heteroatoms. The number of hydrogen-bond acceptors (Lipinski definition) is 3. The van der Waals surface area contributed by atoms with Gasteiger partial charge in [0.05, 0.1) is 7.11 Å². The number of benzene rings is 2. The van der Waals surface area contributed by atoms with Gasteiger partial charge in [0, 0.05) is 26.7 Å². The minimum Gasteiger partial charge on any atom is -0.497 e. The van der Waals surface area contributed by atoms with Crippen LogP contribution in [0.2, 0.25) is 0 Å². The monoisotopic (exact) mass is 496 g/mol. The molecule has 0 amide bonds. The highest BCUT2D eigenvalue weighted by Crippen LogP contribution is 2.11. The van der Waals surface area contributed by atoms with E-state index in [0.717, 1.165) is 50.7 Å². The summed E-state index contributed by atoms with van der Waals surface area (Å²) in [5.74, 6) is 1.75. The Hall–Kier alpha value is -1.80. The summed E-state index contributed by atoms with van der Waals surface area (Å²) < 4.78 is 5.19. The summed E-state index contributed by atoms with van der Waals surface area (Å²) >= 11 is 0. The van der Waals surface area contributed by atoms with Crippen LogP contribution >= 0.6 is 24.0 Å². The number of guanidine groups is 1. The summed E-state index contributed by atoms with van der Waals surface area (Å²) in [6, 6.07) is 18.8. The lowest BCUT2D eigenvalue weighted by Gasteiger charge is -2.17. The molecular weight excluding hydrogens is 463 g/mol. The number of rotatable bonds is 10. The Bertz CT molecular complexity index is 677. The van der Waals surface area contributed by atoms with E-state index in [1.165, 1.54) is 11.1 Å². The van der Waals surface area contributed by atoms with Crippen molar-refractivity contribution in [1.29, 1.82) is 0 Å². The normalized spacial score (nSPS) is 11.1. The Morgan fingerprint density at radius 2 is 1.64 bits per heavy atom. The maximum atomic E-state index is 5.19. The molecular formula is C22H33IN4O. The third-order valence-electron chi connectivity index (χ3n) is 4.39. The van der Waals surface area contributed by atoms with Crippen LogP contribution in [0.4, 0.5) is 0 Å². The molecule has 0 atom stereocenters. The smallest absolute Gasteiger partial charge is 0.190 e. The molecule has 0 aromatic heterocycles. The quantitative estimate of drug-likeness (QED) is 0.229. The van der Waals surface area contributed by atoms with Crippen LogP contribution in [0.3, 0.4) is 0 Å². The fourth-order valence-corrected chi connectivity index (χ4v) is 2.87. The van der Waals surface area contributed by atoms with Crippen LogP contribution in [-0.2, 0) is 13.0 Å². The van der Waals surface area contributed by atoms with Gasteiger partial charge in [-0.05, 0) is 49.7 Å². The van der Waals surface area contributed by atoms with Crippen LogP contribution in [0.15, 0.2) is 59.6 Å². The largest absolute Gasteiger partial charge is 0.497 e. The van der Waals surface area contributed by atoms with E-state index in [9.17, 15) is 0 Å². The highest BCUT2D eigenvalue weighted by molar-refractivity contribution is 14.0. The van der Waals surface area contributed by atoms with Gasteiger partial charge in [-0.1, -0.05) is 42.5 Å². The molecule has 0 aliphatic heterocycles. The fraction of sp³-hybridized carbons (Fsp3) is 0.409. The van der Waals surface area contributed by atoms with Crippen molar-refractivity contribution in [1.82, 2.24) is 15.5 Å². The number of ether oxygens (including phenoxy) is 1. The van der Waals surface area contributed by atoms with E-state index < -0.39 is 0 Å².